The van der Waals surface area contributed by atoms with E-state index < -0.39 is 0 Å². The summed E-state index contributed by atoms with van der Waals surface area (Å²) in [7, 11) is 0. The van der Waals surface area contributed by atoms with Crippen LogP contribution in [-0.4, -0.2) is 11.1 Å². The van der Waals surface area contributed by atoms with E-state index in [2.05, 4.69) is 12.2 Å². The lowest BCUT2D eigenvalue weighted by atomic mass is 10.1. The molecule has 0 bridgehead atoms. The number of unbranched alkanes of at least 4 members (excludes halogenated alkanes) is 1. The third kappa shape index (κ3) is 3.83. The maximum Gasteiger partial charge on any atom is 0.255 e. The van der Waals surface area contributed by atoms with Crippen LogP contribution in [0.2, 0.25) is 0 Å². The van der Waals surface area contributed by atoms with Crippen LogP contribution in [0.15, 0.2) is 41.2 Å². The van der Waals surface area contributed by atoms with Crippen LogP contribution in [0.3, 0.4) is 0 Å². The summed E-state index contributed by atoms with van der Waals surface area (Å²) >= 11 is 0. The largest absolute Gasteiger partial charge is 0.313 e. The fourth-order valence-corrected chi connectivity index (χ4v) is 2.43. The van der Waals surface area contributed by atoms with Gasteiger partial charge in [-0.25, -0.2) is 4.39 Å². The van der Waals surface area contributed by atoms with E-state index in [0.717, 1.165) is 36.2 Å². The van der Waals surface area contributed by atoms with E-state index in [-0.39, 0.29) is 11.4 Å². The molecular formula is C18H23FN2O. The van der Waals surface area contributed by atoms with Gasteiger partial charge in [0.1, 0.15) is 5.82 Å². The second-order valence-electron chi connectivity index (χ2n) is 5.34. The highest BCUT2D eigenvalue weighted by Crippen LogP contribution is 2.19. The Hall–Kier alpha value is -1.94. The zero-order valence-corrected chi connectivity index (χ0v) is 13.2. The third-order valence-corrected chi connectivity index (χ3v) is 3.69. The minimum atomic E-state index is -0.269. The number of halogens is 1. The molecule has 118 valence electrons. The van der Waals surface area contributed by atoms with Crippen molar-refractivity contribution < 1.29 is 4.39 Å². The average Bonchev–Trinajstić information content (AvgIpc) is 2.53. The van der Waals surface area contributed by atoms with E-state index in [9.17, 15) is 9.18 Å². The van der Waals surface area contributed by atoms with Gasteiger partial charge in [-0.05, 0) is 48.9 Å². The summed E-state index contributed by atoms with van der Waals surface area (Å²) in [5.74, 6) is -0.269. The molecule has 0 aliphatic rings. The lowest BCUT2D eigenvalue weighted by molar-refractivity contribution is 0.606. The first kappa shape index (κ1) is 16.4. The van der Waals surface area contributed by atoms with Crippen LogP contribution in [0.1, 0.15) is 32.3 Å². The third-order valence-electron chi connectivity index (χ3n) is 3.69. The molecule has 0 fully saturated rings. The smallest absolute Gasteiger partial charge is 0.255 e. The fourth-order valence-electron chi connectivity index (χ4n) is 2.43. The first-order chi connectivity index (χ1) is 10.7. The summed E-state index contributed by atoms with van der Waals surface area (Å²) in [6, 6.07) is 10.1. The minimum Gasteiger partial charge on any atom is -0.313 e. The molecule has 0 amide bonds. The van der Waals surface area contributed by atoms with Gasteiger partial charge in [-0.1, -0.05) is 26.3 Å². The molecule has 1 aromatic heterocycles. The number of nitrogens with zero attached hydrogens (tertiary/aromatic N) is 1. The summed E-state index contributed by atoms with van der Waals surface area (Å²) in [6.07, 6.45) is 1.96. The van der Waals surface area contributed by atoms with Crippen LogP contribution in [0.5, 0.6) is 0 Å². The molecule has 0 unspecified atom stereocenters. The predicted octanol–water partition coefficient (Wildman–Crippen LogP) is 3.56. The van der Waals surface area contributed by atoms with Gasteiger partial charge in [0.05, 0.1) is 5.69 Å². The standard InChI is InChI=1S/C18H23FN2O/c1-3-5-12-21-17(14-6-9-16(19)10-7-14)11-8-15(18(21)22)13-20-4-2/h6-11,20H,3-5,12-13H2,1-2H3. The molecular weight excluding hydrogens is 279 g/mol. The van der Waals surface area contributed by atoms with Crippen molar-refractivity contribution >= 4 is 0 Å². The summed E-state index contributed by atoms with van der Waals surface area (Å²) in [6.45, 7) is 6.20. The van der Waals surface area contributed by atoms with Gasteiger partial charge >= 0.3 is 0 Å². The number of pyridine rings is 1. The molecule has 1 heterocycles. The van der Waals surface area contributed by atoms with Gasteiger partial charge in [-0.2, -0.15) is 0 Å². The molecule has 0 aliphatic heterocycles. The fraction of sp³-hybridized carbons (Fsp3) is 0.389. The summed E-state index contributed by atoms with van der Waals surface area (Å²) in [5, 5.41) is 3.19. The van der Waals surface area contributed by atoms with Gasteiger partial charge in [0.2, 0.25) is 0 Å². The van der Waals surface area contributed by atoms with Crippen LogP contribution in [0.4, 0.5) is 4.39 Å². The van der Waals surface area contributed by atoms with Gasteiger partial charge < -0.3 is 9.88 Å². The van der Waals surface area contributed by atoms with Crippen molar-refractivity contribution in [3.05, 3.63) is 58.1 Å². The van der Waals surface area contributed by atoms with E-state index in [0.29, 0.717) is 13.1 Å². The molecule has 0 saturated carbocycles. The summed E-state index contributed by atoms with van der Waals surface area (Å²) < 4.78 is 14.9. The first-order valence-corrected chi connectivity index (χ1v) is 7.86. The molecule has 4 heteroatoms. The second kappa shape index (κ2) is 7.90. The van der Waals surface area contributed by atoms with Gasteiger partial charge in [0.15, 0.2) is 0 Å². The SMILES string of the molecule is CCCCn1c(-c2ccc(F)cc2)ccc(CNCC)c1=O. The maximum absolute atomic E-state index is 13.1. The number of nitrogens with one attached hydrogen (secondary N) is 1. The van der Waals surface area contributed by atoms with Crippen molar-refractivity contribution in [3.63, 3.8) is 0 Å². The van der Waals surface area contributed by atoms with Crippen LogP contribution in [0.25, 0.3) is 11.3 Å². The van der Waals surface area contributed by atoms with Crippen LogP contribution in [0, 0.1) is 5.82 Å². The van der Waals surface area contributed by atoms with E-state index in [1.165, 1.54) is 12.1 Å². The highest BCUT2D eigenvalue weighted by Gasteiger charge is 2.10. The zero-order valence-electron chi connectivity index (χ0n) is 13.2. The Morgan fingerprint density at radius 3 is 2.45 bits per heavy atom. The van der Waals surface area contributed by atoms with Gasteiger partial charge in [-0.3, -0.25) is 4.79 Å². The second-order valence-corrected chi connectivity index (χ2v) is 5.34. The van der Waals surface area contributed by atoms with E-state index in [1.54, 1.807) is 12.1 Å². The lowest BCUT2D eigenvalue weighted by Gasteiger charge is -2.15. The van der Waals surface area contributed by atoms with Crippen LogP contribution in [-0.2, 0) is 13.1 Å². The highest BCUT2D eigenvalue weighted by molar-refractivity contribution is 5.59. The Labute approximate surface area is 130 Å². The van der Waals surface area contributed by atoms with Crippen molar-refractivity contribution in [1.82, 2.24) is 9.88 Å². The average molecular weight is 302 g/mol. The number of rotatable bonds is 7. The molecule has 22 heavy (non-hydrogen) atoms. The number of hydrogen-bond acceptors (Lipinski definition) is 2. The van der Waals surface area contributed by atoms with Gasteiger partial charge in [0.25, 0.3) is 5.56 Å². The summed E-state index contributed by atoms with van der Waals surface area (Å²) in [4.78, 5) is 12.7. The molecule has 2 rings (SSSR count). The quantitative estimate of drug-likeness (QED) is 0.848. The Bertz CT molecular complexity index is 662. The van der Waals surface area contributed by atoms with Crippen LogP contribution >= 0.6 is 0 Å². The molecule has 1 N–H and O–H groups in total. The van der Waals surface area contributed by atoms with E-state index >= 15 is 0 Å². The van der Waals surface area contributed by atoms with E-state index in [4.69, 9.17) is 0 Å². The van der Waals surface area contributed by atoms with Gasteiger partial charge in [-0.15, -0.1) is 0 Å². The molecule has 0 radical (unpaired) electrons. The Kier molecular flexibility index (Phi) is 5.90. The lowest BCUT2D eigenvalue weighted by Crippen LogP contribution is -2.28. The van der Waals surface area contributed by atoms with Crippen molar-refractivity contribution in [3.8, 4) is 11.3 Å². The molecule has 0 saturated heterocycles. The molecule has 0 spiro atoms. The van der Waals surface area contributed by atoms with Gasteiger partial charge in [0, 0.05) is 18.7 Å². The Balaban J connectivity index is 2.46. The molecule has 2 aromatic rings. The predicted molar refractivity (Wildman–Crippen MR) is 88.4 cm³/mol. The summed E-state index contributed by atoms with van der Waals surface area (Å²) in [5.41, 5.74) is 2.52. The van der Waals surface area contributed by atoms with Crippen molar-refractivity contribution in [2.45, 2.75) is 39.8 Å². The first-order valence-electron chi connectivity index (χ1n) is 7.86. The molecule has 0 atom stereocenters. The zero-order chi connectivity index (χ0) is 15.9. The number of benzene rings is 1. The maximum atomic E-state index is 13.1. The topological polar surface area (TPSA) is 34.0 Å². The highest BCUT2D eigenvalue weighted by atomic mass is 19.1. The minimum absolute atomic E-state index is 0.0382. The Morgan fingerprint density at radius 2 is 1.82 bits per heavy atom. The van der Waals surface area contributed by atoms with E-state index in [1.807, 2.05) is 23.6 Å². The van der Waals surface area contributed by atoms with Crippen molar-refractivity contribution in [2.24, 2.45) is 0 Å². The normalized spacial score (nSPS) is 10.9. The monoisotopic (exact) mass is 302 g/mol. The van der Waals surface area contributed by atoms with Crippen molar-refractivity contribution in [1.29, 1.82) is 0 Å². The molecule has 3 nitrogen and oxygen atoms in total. The number of aromatic nitrogens is 1. The molecule has 1 aromatic carbocycles. The Morgan fingerprint density at radius 1 is 1.09 bits per heavy atom. The molecule has 0 aliphatic carbocycles. The van der Waals surface area contributed by atoms with Crippen molar-refractivity contribution in [2.75, 3.05) is 6.54 Å². The number of hydrogen-bond donors (Lipinski definition) is 1. The van der Waals surface area contributed by atoms with Crippen LogP contribution < -0.4 is 10.9 Å².